The van der Waals surface area contributed by atoms with E-state index in [2.05, 4.69) is 25.3 Å². The maximum absolute atomic E-state index is 3.70. The Bertz CT molecular complexity index is 264. The molecule has 0 unspecified atom stereocenters. The van der Waals surface area contributed by atoms with Crippen LogP contribution in [0.2, 0.25) is 0 Å². The Morgan fingerprint density at radius 1 is 0.786 bits per heavy atom. The summed E-state index contributed by atoms with van der Waals surface area (Å²) in [6.45, 7) is 11.4. The van der Waals surface area contributed by atoms with Crippen LogP contribution in [-0.4, -0.2) is 0 Å². The van der Waals surface area contributed by atoms with E-state index in [0.29, 0.717) is 0 Å². The molecule has 0 heteroatoms. The van der Waals surface area contributed by atoms with Gasteiger partial charge in [0.05, 0.1) is 0 Å². The molecule has 0 N–H and O–H groups in total. The average molecular weight is 186 g/mol. The average Bonchev–Trinajstić information content (AvgIpc) is 2.17. The van der Waals surface area contributed by atoms with E-state index in [-0.39, 0.29) is 0 Å². The fourth-order valence-electron chi connectivity index (χ4n) is 1.11. The summed E-state index contributed by atoms with van der Waals surface area (Å²) in [7, 11) is 0. The molecule has 0 spiro atoms. The lowest BCUT2D eigenvalue weighted by Gasteiger charge is -2.01. The lowest BCUT2D eigenvalue weighted by atomic mass is 10.0. The van der Waals surface area contributed by atoms with Crippen LogP contribution in [0.5, 0.6) is 0 Å². The summed E-state index contributed by atoms with van der Waals surface area (Å²) in [4.78, 5) is 0. The van der Waals surface area contributed by atoms with Crippen LogP contribution in [0.25, 0.3) is 0 Å². The van der Waals surface area contributed by atoms with Crippen molar-refractivity contribution < 1.29 is 0 Å². The Morgan fingerprint density at radius 2 is 1.14 bits per heavy atom. The molecule has 14 heavy (non-hydrogen) atoms. The normalized spacial score (nSPS) is 13.9. The fourth-order valence-corrected chi connectivity index (χ4v) is 1.11. The van der Waals surface area contributed by atoms with Gasteiger partial charge in [0.25, 0.3) is 0 Å². The van der Waals surface area contributed by atoms with Gasteiger partial charge in [-0.05, 0) is 25.0 Å². The molecule has 0 aromatic heterocycles. The van der Waals surface area contributed by atoms with Crippen molar-refractivity contribution in [2.24, 2.45) is 0 Å². The lowest BCUT2D eigenvalue weighted by Crippen LogP contribution is -1.82. The van der Waals surface area contributed by atoms with E-state index in [1.165, 1.54) is 0 Å². The number of hydrogen-bond donors (Lipinski definition) is 0. The molecule has 0 radical (unpaired) electrons. The van der Waals surface area contributed by atoms with Crippen LogP contribution in [0, 0.1) is 0 Å². The summed E-state index contributed by atoms with van der Waals surface area (Å²) < 4.78 is 0. The van der Waals surface area contributed by atoms with Crippen molar-refractivity contribution in [2.75, 3.05) is 0 Å². The number of hydrogen-bond acceptors (Lipinski definition) is 0. The van der Waals surface area contributed by atoms with Gasteiger partial charge in [0.15, 0.2) is 0 Å². The Hall–Kier alpha value is -1.56. The molecule has 0 amide bonds. The minimum absolute atomic E-state index is 1.14. The third kappa shape index (κ3) is 4.46. The van der Waals surface area contributed by atoms with Gasteiger partial charge in [0.1, 0.15) is 0 Å². The van der Waals surface area contributed by atoms with Gasteiger partial charge in [-0.3, -0.25) is 0 Å². The van der Waals surface area contributed by atoms with Gasteiger partial charge in [0.2, 0.25) is 0 Å². The van der Waals surface area contributed by atoms with Crippen LogP contribution < -0.4 is 0 Å². The van der Waals surface area contributed by atoms with E-state index in [0.717, 1.165) is 11.1 Å². The molecule has 0 saturated carbocycles. The molecule has 0 aromatic carbocycles. The van der Waals surface area contributed by atoms with Crippen molar-refractivity contribution in [3.8, 4) is 0 Å². The molecule has 0 aliphatic rings. The van der Waals surface area contributed by atoms with Crippen molar-refractivity contribution in [3.05, 3.63) is 72.9 Å². The summed E-state index contributed by atoms with van der Waals surface area (Å²) in [6, 6.07) is 0. The second kappa shape index (κ2) is 8.06. The second-order valence-corrected chi connectivity index (χ2v) is 2.72. The van der Waals surface area contributed by atoms with Crippen LogP contribution in [0.4, 0.5) is 0 Å². The third-order valence-electron chi connectivity index (χ3n) is 1.62. The molecule has 0 aromatic rings. The van der Waals surface area contributed by atoms with Crippen LogP contribution in [0.15, 0.2) is 72.9 Å². The zero-order valence-electron chi connectivity index (χ0n) is 9.03. The molecule has 0 heterocycles. The summed E-state index contributed by atoms with van der Waals surface area (Å²) >= 11 is 0. The zero-order valence-corrected chi connectivity index (χ0v) is 9.03. The predicted octanol–water partition coefficient (Wildman–Crippen LogP) is 4.36. The first kappa shape index (κ1) is 12.4. The van der Waals surface area contributed by atoms with E-state index in [1.807, 2.05) is 38.2 Å². The highest BCUT2D eigenvalue weighted by atomic mass is 14.0. The van der Waals surface area contributed by atoms with Gasteiger partial charge < -0.3 is 0 Å². The standard InChI is InChI=1S/C14H18/c1-5-9-13(10-6-2)14(11-7-3)12-8-4/h5-12H,1,3H2,2,4H3/b10-6-,12-8-,13-9+,14-11+. The number of allylic oxidation sites excluding steroid dienone is 10. The van der Waals surface area contributed by atoms with Crippen molar-refractivity contribution in [1.29, 1.82) is 0 Å². The Kier molecular flexibility index (Phi) is 7.16. The molecule has 0 rings (SSSR count). The van der Waals surface area contributed by atoms with Crippen LogP contribution in [0.3, 0.4) is 0 Å². The minimum Gasteiger partial charge on any atom is -0.0990 e. The maximum Gasteiger partial charge on any atom is -0.0188 e. The summed E-state index contributed by atoms with van der Waals surface area (Å²) in [5, 5.41) is 0. The van der Waals surface area contributed by atoms with Crippen molar-refractivity contribution in [3.63, 3.8) is 0 Å². The van der Waals surface area contributed by atoms with E-state index < -0.39 is 0 Å². The van der Waals surface area contributed by atoms with Gasteiger partial charge in [-0.25, -0.2) is 0 Å². The monoisotopic (exact) mass is 186 g/mol. The maximum atomic E-state index is 3.70. The molecular weight excluding hydrogens is 168 g/mol. The minimum atomic E-state index is 1.14. The zero-order chi connectivity index (χ0) is 10.8. The highest BCUT2D eigenvalue weighted by Crippen LogP contribution is 2.13. The molecule has 0 saturated heterocycles. The van der Waals surface area contributed by atoms with Gasteiger partial charge in [-0.1, -0.05) is 61.8 Å². The van der Waals surface area contributed by atoms with Crippen LogP contribution >= 0.6 is 0 Å². The highest BCUT2D eigenvalue weighted by Gasteiger charge is 1.94. The summed E-state index contributed by atoms with van der Waals surface area (Å²) in [5.74, 6) is 0. The molecule has 74 valence electrons. The molecule has 0 aliphatic heterocycles. The highest BCUT2D eigenvalue weighted by molar-refractivity contribution is 5.48. The van der Waals surface area contributed by atoms with E-state index in [1.54, 1.807) is 12.2 Å². The van der Waals surface area contributed by atoms with E-state index >= 15 is 0 Å². The molecule has 0 fully saturated rings. The van der Waals surface area contributed by atoms with Gasteiger partial charge in [0, 0.05) is 0 Å². The number of rotatable bonds is 5. The third-order valence-corrected chi connectivity index (χ3v) is 1.62. The van der Waals surface area contributed by atoms with Crippen molar-refractivity contribution in [2.45, 2.75) is 13.8 Å². The first-order valence-electron chi connectivity index (χ1n) is 4.71. The first-order valence-corrected chi connectivity index (χ1v) is 4.71. The molecule has 0 aliphatic carbocycles. The van der Waals surface area contributed by atoms with Gasteiger partial charge in [-0.15, -0.1) is 0 Å². The molecule has 0 nitrogen and oxygen atoms in total. The molecule has 0 atom stereocenters. The SMILES string of the molecule is C=C/C=C(\C=C/C)C(/C=C\C)=C/C=C. The van der Waals surface area contributed by atoms with Crippen molar-refractivity contribution >= 4 is 0 Å². The summed E-state index contributed by atoms with van der Waals surface area (Å²) in [6.07, 6.45) is 15.7. The Balaban J connectivity index is 5.12. The fraction of sp³-hybridized carbons (Fsp3) is 0.143. The lowest BCUT2D eigenvalue weighted by molar-refractivity contribution is 1.51. The smallest absolute Gasteiger partial charge is 0.0188 e. The Labute approximate surface area is 87.3 Å². The predicted molar refractivity (Wildman–Crippen MR) is 66.2 cm³/mol. The van der Waals surface area contributed by atoms with Crippen molar-refractivity contribution in [1.82, 2.24) is 0 Å². The molecular formula is C14H18. The summed E-state index contributed by atoms with van der Waals surface area (Å²) in [5.41, 5.74) is 2.28. The topological polar surface area (TPSA) is 0 Å². The van der Waals surface area contributed by atoms with E-state index in [9.17, 15) is 0 Å². The van der Waals surface area contributed by atoms with E-state index in [4.69, 9.17) is 0 Å². The quantitative estimate of drug-likeness (QED) is 0.559. The van der Waals surface area contributed by atoms with Gasteiger partial charge >= 0.3 is 0 Å². The molecule has 0 bridgehead atoms. The largest absolute Gasteiger partial charge is 0.0990 e. The van der Waals surface area contributed by atoms with Crippen LogP contribution in [-0.2, 0) is 0 Å². The van der Waals surface area contributed by atoms with Crippen LogP contribution in [0.1, 0.15) is 13.8 Å². The van der Waals surface area contributed by atoms with Gasteiger partial charge in [-0.2, -0.15) is 0 Å². The Morgan fingerprint density at radius 3 is 1.36 bits per heavy atom. The second-order valence-electron chi connectivity index (χ2n) is 2.72. The first-order chi connectivity index (χ1) is 6.79.